The molecule has 1 aliphatic heterocycles. The number of nitrogens with zero attached hydrogens (tertiary/aromatic N) is 1. The molecule has 2 N–H and O–H groups in total. The molecule has 156 valence electrons. The van der Waals surface area contributed by atoms with Crippen LogP contribution in [0, 0.1) is 5.92 Å². The number of hydrogen-bond donors (Lipinski definition) is 2. The molecule has 2 atom stereocenters. The van der Waals surface area contributed by atoms with Crippen molar-refractivity contribution in [3.63, 3.8) is 0 Å². The van der Waals surface area contributed by atoms with E-state index in [4.69, 9.17) is 4.74 Å². The van der Waals surface area contributed by atoms with E-state index in [1.165, 1.54) is 0 Å². The second-order valence-electron chi connectivity index (χ2n) is 8.24. The van der Waals surface area contributed by atoms with E-state index >= 15 is 0 Å². The van der Waals surface area contributed by atoms with Gasteiger partial charge in [0.15, 0.2) is 0 Å². The maximum absolute atomic E-state index is 12.7. The second-order valence-corrected chi connectivity index (χ2v) is 8.24. The number of carbonyl (C=O) groups excluding carboxylic acids is 1. The lowest BCUT2D eigenvalue weighted by Crippen LogP contribution is -2.49. The van der Waals surface area contributed by atoms with Gasteiger partial charge in [-0.25, -0.2) is 0 Å². The van der Waals surface area contributed by atoms with Crippen LogP contribution >= 0.6 is 0 Å². The first-order valence-corrected chi connectivity index (χ1v) is 10.5. The number of nitrogens with one attached hydrogen (secondary N) is 1. The molecule has 2 unspecified atom stereocenters. The zero-order chi connectivity index (χ0) is 20.6. The fourth-order valence-electron chi connectivity index (χ4n) is 3.74. The molecular formula is C24H32N2O3. The Morgan fingerprint density at radius 1 is 1.17 bits per heavy atom. The van der Waals surface area contributed by atoms with Gasteiger partial charge in [-0.3, -0.25) is 4.79 Å². The molecule has 1 heterocycles. The average molecular weight is 397 g/mol. The van der Waals surface area contributed by atoms with Crippen molar-refractivity contribution in [1.29, 1.82) is 0 Å². The Balaban J connectivity index is 1.56. The van der Waals surface area contributed by atoms with Crippen LogP contribution in [0.1, 0.15) is 42.6 Å². The largest absolute Gasteiger partial charge is 0.489 e. The summed E-state index contributed by atoms with van der Waals surface area (Å²) in [5.74, 6) is 1.13. The smallest absolute Gasteiger partial charge is 0.251 e. The molecule has 1 fully saturated rings. The summed E-state index contributed by atoms with van der Waals surface area (Å²) in [6.45, 7) is 7.50. The van der Waals surface area contributed by atoms with Gasteiger partial charge in [-0.15, -0.1) is 0 Å². The van der Waals surface area contributed by atoms with Crippen LogP contribution in [0.2, 0.25) is 0 Å². The Hall–Kier alpha value is -2.37. The van der Waals surface area contributed by atoms with Crippen molar-refractivity contribution in [2.24, 2.45) is 5.92 Å². The molecule has 2 aromatic carbocycles. The van der Waals surface area contributed by atoms with Crippen molar-refractivity contribution in [3.8, 4) is 5.75 Å². The number of benzene rings is 2. The Morgan fingerprint density at radius 2 is 1.90 bits per heavy atom. The molecule has 29 heavy (non-hydrogen) atoms. The zero-order valence-corrected chi connectivity index (χ0v) is 17.4. The number of hydrogen-bond acceptors (Lipinski definition) is 4. The predicted molar refractivity (Wildman–Crippen MR) is 115 cm³/mol. The van der Waals surface area contributed by atoms with Gasteiger partial charge in [0.25, 0.3) is 5.91 Å². The van der Waals surface area contributed by atoms with E-state index in [0.717, 1.165) is 30.8 Å². The third-order valence-corrected chi connectivity index (χ3v) is 5.20. The molecule has 5 nitrogen and oxygen atoms in total. The maximum atomic E-state index is 12.7. The number of amides is 1. The van der Waals surface area contributed by atoms with Crippen LogP contribution in [0.15, 0.2) is 54.6 Å². The van der Waals surface area contributed by atoms with Crippen LogP contribution in [0.4, 0.5) is 0 Å². The van der Waals surface area contributed by atoms with E-state index in [2.05, 4.69) is 24.1 Å². The average Bonchev–Trinajstić information content (AvgIpc) is 2.88. The van der Waals surface area contributed by atoms with Crippen molar-refractivity contribution in [2.75, 3.05) is 19.6 Å². The van der Waals surface area contributed by atoms with Crippen molar-refractivity contribution < 1.29 is 14.6 Å². The van der Waals surface area contributed by atoms with Gasteiger partial charge in [0.05, 0.1) is 12.1 Å². The van der Waals surface area contributed by atoms with Gasteiger partial charge < -0.3 is 20.1 Å². The van der Waals surface area contributed by atoms with Crippen LogP contribution in [0.25, 0.3) is 0 Å². The van der Waals surface area contributed by atoms with E-state index < -0.39 is 6.10 Å². The Labute approximate surface area is 173 Å². The monoisotopic (exact) mass is 396 g/mol. The van der Waals surface area contributed by atoms with Crippen LogP contribution < -0.4 is 10.1 Å². The number of ether oxygens (including phenoxy) is 1. The lowest BCUT2D eigenvalue weighted by molar-refractivity contribution is 0.0796. The highest BCUT2D eigenvalue weighted by Crippen LogP contribution is 2.16. The van der Waals surface area contributed by atoms with Crippen molar-refractivity contribution in [2.45, 2.75) is 45.4 Å². The molecule has 0 bridgehead atoms. The van der Waals surface area contributed by atoms with Gasteiger partial charge in [-0.1, -0.05) is 44.2 Å². The molecule has 1 aliphatic rings. The number of likely N-dealkylation sites (tertiary alicyclic amines) is 1. The zero-order valence-electron chi connectivity index (χ0n) is 17.4. The first kappa shape index (κ1) is 21.3. The minimum Gasteiger partial charge on any atom is -0.489 e. The van der Waals surface area contributed by atoms with Crippen LogP contribution in [-0.2, 0) is 6.61 Å². The van der Waals surface area contributed by atoms with Gasteiger partial charge in [0, 0.05) is 18.7 Å². The Kier molecular flexibility index (Phi) is 7.67. The molecule has 5 heteroatoms. The number of carbonyl (C=O) groups is 1. The molecule has 1 amide bonds. The maximum Gasteiger partial charge on any atom is 0.251 e. The summed E-state index contributed by atoms with van der Waals surface area (Å²) < 4.78 is 5.78. The van der Waals surface area contributed by atoms with Crippen LogP contribution in [0.5, 0.6) is 5.75 Å². The van der Waals surface area contributed by atoms with E-state index in [0.29, 0.717) is 31.1 Å². The van der Waals surface area contributed by atoms with Crippen molar-refractivity contribution in [3.05, 3.63) is 65.7 Å². The van der Waals surface area contributed by atoms with Gasteiger partial charge in [-0.05, 0) is 55.1 Å². The Bertz CT molecular complexity index is 761. The lowest BCUT2D eigenvalue weighted by atomic mass is 10.1. The molecule has 0 aromatic heterocycles. The molecule has 3 rings (SSSR count). The summed E-state index contributed by atoms with van der Waals surface area (Å²) in [6, 6.07) is 16.9. The summed E-state index contributed by atoms with van der Waals surface area (Å²) in [4.78, 5) is 15.0. The van der Waals surface area contributed by atoms with E-state index in [9.17, 15) is 9.90 Å². The van der Waals surface area contributed by atoms with Crippen LogP contribution in [0.3, 0.4) is 0 Å². The van der Waals surface area contributed by atoms with Crippen molar-refractivity contribution >= 4 is 5.91 Å². The van der Waals surface area contributed by atoms with Crippen molar-refractivity contribution in [1.82, 2.24) is 10.2 Å². The normalized spacial score (nSPS) is 20.3. The summed E-state index contributed by atoms with van der Waals surface area (Å²) >= 11 is 0. The first-order valence-electron chi connectivity index (χ1n) is 10.5. The fourth-order valence-corrected chi connectivity index (χ4v) is 3.74. The van der Waals surface area contributed by atoms with E-state index in [1.54, 1.807) is 12.1 Å². The summed E-state index contributed by atoms with van der Waals surface area (Å²) in [5, 5.41) is 13.5. The third-order valence-electron chi connectivity index (χ3n) is 5.20. The Morgan fingerprint density at radius 3 is 2.59 bits per heavy atom. The number of aliphatic hydroxyl groups is 1. The minimum atomic E-state index is -0.510. The number of rotatable bonds is 7. The molecule has 0 saturated carbocycles. The molecular weight excluding hydrogens is 364 g/mol. The molecule has 2 aromatic rings. The van der Waals surface area contributed by atoms with E-state index in [-0.39, 0.29) is 11.9 Å². The molecule has 0 aliphatic carbocycles. The van der Waals surface area contributed by atoms with Crippen LogP contribution in [-0.4, -0.2) is 47.7 Å². The highest BCUT2D eigenvalue weighted by molar-refractivity contribution is 5.94. The standard InChI is InChI=1S/C24H32N2O3/c1-18(2)15-26-14-6-9-23(27)22(16-26)25-24(28)20-10-12-21(13-11-20)29-17-19-7-4-3-5-8-19/h3-5,7-8,10-13,18,22-23,27H,6,9,14-17H2,1-2H3,(H,25,28). The highest BCUT2D eigenvalue weighted by atomic mass is 16.5. The van der Waals surface area contributed by atoms with Gasteiger partial charge in [0.1, 0.15) is 12.4 Å². The third kappa shape index (κ3) is 6.58. The summed E-state index contributed by atoms with van der Waals surface area (Å²) in [7, 11) is 0. The minimum absolute atomic E-state index is 0.157. The SMILES string of the molecule is CC(C)CN1CCCC(O)C(NC(=O)c2ccc(OCc3ccccc3)cc2)C1. The number of aliphatic hydroxyl groups excluding tert-OH is 1. The quantitative estimate of drug-likeness (QED) is 0.752. The lowest BCUT2D eigenvalue weighted by Gasteiger charge is -2.28. The predicted octanol–water partition coefficient (Wildman–Crippen LogP) is 3.48. The summed E-state index contributed by atoms with van der Waals surface area (Å²) in [6.07, 6.45) is 1.16. The molecule has 1 saturated heterocycles. The highest BCUT2D eigenvalue weighted by Gasteiger charge is 2.27. The van der Waals surface area contributed by atoms with Gasteiger partial charge in [-0.2, -0.15) is 0 Å². The fraction of sp³-hybridized carbons (Fsp3) is 0.458. The molecule has 0 spiro atoms. The van der Waals surface area contributed by atoms with Gasteiger partial charge >= 0.3 is 0 Å². The molecule has 0 radical (unpaired) electrons. The topological polar surface area (TPSA) is 61.8 Å². The first-order chi connectivity index (χ1) is 14.0. The van der Waals surface area contributed by atoms with Gasteiger partial charge in [0.2, 0.25) is 0 Å². The summed E-state index contributed by atoms with van der Waals surface area (Å²) in [5.41, 5.74) is 1.67. The van der Waals surface area contributed by atoms with E-state index in [1.807, 2.05) is 42.5 Å². The second kappa shape index (κ2) is 10.4.